The standard InChI is InChI=1S/C28H21ClN4OS/c29-21-7-5-6-18(12-21)16-33-17-20(22-8-1-3-10-25(22)33)13-19(14-30)27(34)32-28-24(15-31)23-9-2-4-11-26(23)35-28/h1,3,5-8,10,12-13,17H,2,4,9,11,16H2,(H,32,34)/b19-13+. The molecule has 1 aliphatic rings. The van der Waals surface area contributed by atoms with E-state index in [2.05, 4.69) is 16.0 Å². The summed E-state index contributed by atoms with van der Waals surface area (Å²) in [6.45, 7) is 0.606. The monoisotopic (exact) mass is 496 g/mol. The first-order valence-electron chi connectivity index (χ1n) is 11.4. The normalized spacial score (nSPS) is 13.2. The minimum atomic E-state index is -0.505. The average molecular weight is 497 g/mol. The number of aromatic nitrogens is 1. The molecule has 1 N–H and O–H groups in total. The molecule has 0 unspecified atom stereocenters. The van der Waals surface area contributed by atoms with Gasteiger partial charge >= 0.3 is 0 Å². The lowest BCUT2D eigenvalue weighted by molar-refractivity contribution is -0.112. The molecule has 1 aliphatic carbocycles. The van der Waals surface area contributed by atoms with Crippen molar-refractivity contribution in [2.24, 2.45) is 0 Å². The number of nitriles is 2. The molecule has 5 rings (SSSR count). The second kappa shape index (κ2) is 9.80. The Morgan fingerprint density at radius 1 is 1.14 bits per heavy atom. The maximum absolute atomic E-state index is 13.1. The van der Waals surface area contributed by atoms with Gasteiger partial charge in [-0.15, -0.1) is 11.3 Å². The first kappa shape index (κ1) is 22.9. The van der Waals surface area contributed by atoms with Crippen LogP contribution in [0.15, 0.2) is 60.3 Å². The Labute approximate surface area is 212 Å². The van der Waals surface area contributed by atoms with Crippen molar-refractivity contribution in [2.45, 2.75) is 32.2 Å². The average Bonchev–Trinajstić information content (AvgIpc) is 3.39. The fourth-order valence-corrected chi connectivity index (χ4v) is 6.05. The lowest BCUT2D eigenvalue weighted by Gasteiger charge is -2.09. The summed E-state index contributed by atoms with van der Waals surface area (Å²) in [5.41, 5.74) is 4.40. The van der Waals surface area contributed by atoms with Gasteiger partial charge in [0.05, 0.1) is 5.56 Å². The van der Waals surface area contributed by atoms with E-state index in [1.54, 1.807) is 6.08 Å². The molecule has 0 bridgehead atoms. The molecule has 2 aromatic heterocycles. The summed E-state index contributed by atoms with van der Waals surface area (Å²) in [4.78, 5) is 14.2. The molecule has 0 atom stereocenters. The van der Waals surface area contributed by atoms with Gasteiger partial charge < -0.3 is 9.88 Å². The second-order valence-electron chi connectivity index (χ2n) is 8.51. The Morgan fingerprint density at radius 3 is 2.77 bits per heavy atom. The Kier molecular flexibility index (Phi) is 6.42. The fourth-order valence-electron chi connectivity index (χ4n) is 4.60. The smallest absolute Gasteiger partial charge is 0.266 e. The van der Waals surface area contributed by atoms with Gasteiger partial charge in [0.15, 0.2) is 0 Å². The van der Waals surface area contributed by atoms with Crippen molar-refractivity contribution in [3.05, 3.63) is 92.5 Å². The van der Waals surface area contributed by atoms with Crippen LogP contribution in [-0.2, 0) is 24.2 Å². The zero-order valence-electron chi connectivity index (χ0n) is 18.8. The number of carbonyl (C=O) groups is 1. The van der Waals surface area contributed by atoms with Crippen LogP contribution >= 0.6 is 22.9 Å². The topological polar surface area (TPSA) is 81.6 Å². The molecule has 1 amide bonds. The number of aryl methyl sites for hydroxylation is 1. The maximum Gasteiger partial charge on any atom is 0.266 e. The summed E-state index contributed by atoms with van der Waals surface area (Å²) < 4.78 is 2.08. The highest BCUT2D eigenvalue weighted by atomic mass is 35.5. The van der Waals surface area contributed by atoms with Crippen LogP contribution in [0, 0.1) is 22.7 Å². The lowest BCUT2D eigenvalue weighted by Crippen LogP contribution is -2.13. The number of amides is 1. The van der Waals surface area contributed by atoms with Crippen molar-refractivity contribution in [2.75, 3.05) is 5.32 Å². The molecule has 5 nitrogen and oxygen atoms in total. The predicted molar refractivity (Wildman–Crippen MR) is 140 cm³/mol. The summed E-state index contributed by atoms with van der Waals surface area (Å²) in [5, 5.41) is 24.5. The molecule has 35 heavy (non-hydrogen) atoms. The Morgan fingerprint density at radius 2 is 1.97 bits per heavy atom. The lowest BCUT2D eigenvalue weighted by atomic mass is 9.96. The second-order valence-corrected chi connectivity index (χ2v) is 10.1. The quantitative estimate of drug-likeness (QED) is 0.246. The van der Waals surface area contributed by atoms with Gasteiger partial charge in [0.1, 0.15) is 22.7 Å². The van der Waals surface area contributed by atoms with Crippen molar-refractivity contribution in [1.82, 2.24) is 4.57 Å². The van der Waals surface area contributed by atoms with E-state index in [9.17, 15) is 15.3 Å². The molecule has 172 valence electrons. The van der Waals surface area contributed by atoms with Gasteiger partial charge in [0, 0.05) is 39.1 Å². The van der Waals surface area contributed by atoms with Gasteiger partial charge in [0.25, 0.3) is 5.91 Å². The predicted octanol–water partition coefficient (Wildman–Crippen LogP) is 6.70. The molecule has 0 saturated carbocycles. The summed E-state index contributed by atoms with van der Waals surface area (Å²) >= 11 is 7.61. The third-order valence-electron chi connectivity index (χ3n) is 6.24. The van der Waals surface area contributed by atoms with Crippen LogP contribution in [0.3, 0.4) is 0 Å². The van der Waals surface area contributed by atoms with Gasteiger partial charge in [-0.1, -0.05) is 41.9 Å². The van der Waals surface area contributed by atoms with Crippen LogP contribution < -0.4 is 5.32 Å². The van der Waals surface area contributed by atoms with Gasteiger partial charge in [-0.3, -0.25) is 4.79 Å². The van der Waals surface area contributed by atoms with E-state index in [0.29, 0.717) is 22.1 Å². The molecular formula is C28H21ClN4OS. The van der Waals surface area contributed by atoms with Gasteiger partial charge in [0.2, 0.25) is 0 Å². The van der Waals surface area contributed by atoms with Crippen molar-refractivity contribution in [3.8, 4) is 12.1 Å². The first-order chi connectivity index (χ1) is 17.1. The Bertz CT molecular complexity index is 1560. The van der Waals surface area contributed by atoms with E-state index < -0.39 is 5.91 Å². The molecule has 0 spiro atoms. The van der Waals surface area contributed by atoms with E-state index in [-0.39, 0.29) is 5.57 Å². The fraction of sp³-hybridized carbons (Fsp3) is 0.179. The number of para-hydroxylation sites is 1. The largest absolute Gasteiger partial charge is 0.342 e. The first-order valence-corrected chi connectivity index (χ1v) is 12.6. The van der Waals surface area contributed by atoms with E-state index in [1.165, 1.54) is 11.3 Å². The highest BCUT2D eigenvalue weighted by Crippen LogP contribution is 2.38. The molecule has 2 heterocycles. The number of hydrogen-bond donors (Lipinski definition) is 1. The third-order valence-corrected chi connectivity index (χ3v) is 7.68. The summed E-state index contributed by atoms with van der Waals surface area (Å²) in [5.74, 6) is -0.505. The van der Waals surface area contributed by atoms with Crippen molar-refractivity contribution < 1.29 is 4.79 Å². The van der Waals surface area contributed by atoms with E-state index in [4.69, 9.17) is 11.6 Å². The number of carbonyl (C=O) groups excluding carboxylic acids is 1. The summed E-state index contributed by atoms with van der Waals surface area (Å²) in [6.07, 6.45) is 7.49. The van der Waals surface area contributed by atoms with Gasteiger partial charge in [-0.05, 0) is 61.1 Å². The minimum Gasteiger partial charge on any atom is -0.342 e. The number of fused-ring (bicyclic) bond motifs is 2. The highest BCUT2D eigenvalue weighted by molar-refractivity contribution is 7.16. The number of benzene rings is 2. The van der Waals surface area contributed by atoms with Crippen molar-refractivity contribution in [1.29, 1.82) is 10.5 Å². The number of anilines is 1. The van der Waals surface area contributed by atoms with E-state index in [0.717, 1.165) is 58.2 Å². The summed E-state index contributed by atoms with van der Waals surface area (Å²) in [7, 11) is 0. The van der Waals surface area contributed by atoms with Crippen molar-refractivity contribution >= 4 is 50.8 Å². The Hall–Kier alpha value is -3.84. The molecule has 0 saturated heterocycles. The SMILES string of the molecule is N#C/C(=C\c1cn(Cc2cccc(Cl)c2)c2ccccc12)C(=O)Nc1sc2c(c1C#N)CCCC2. The number of halogens is 1. The zero-order valence-corrected chi connectivity index (χ0v) is 20.4. The zero-order chi connectivity index (χ0) is 24.4. The minimum absolute atomic E-state index is 0.00841. The van der Waals surface area contributed by atoms with Crippen LogP contribution in [0.5, 0.6) is 0 Å². The highest BCUT2D eigenvalue weighted by Gasteiger charge is 2.23. The maximum atomic E-state index is 13.1. The number of nitrogens with zero attached hydrogens (tertiary/aromatic N) is 3. The number of rotatable bonds is 5. The summed E-state index contributed by atoms with van der Waals surface area (Å²) in [6, 6.07) is 19.9. The third kappa shape index (κ3) is 4.59. The van der Waals surface area contributed by atoms with Crippen LogP contribution in [0.1, 0.15) is 40.0 Å². The van der Waals surface area contributed by atoms with Gasteiger partial charge in [-0.25, -0.2) is 0 Å². The van der Waals surface area contributed by atoms with E-state index >= 15 is 0 Å². The number of nitrogens with one attached hydrogen (secondary N) is 1. The molecule has 2 aromatic carbocycles. The van der Waals surface area contributed by atoms with E-state index in [1.807, 2.05) is 60.8 Å². The molecule has 0 radical (unpaired) electrons. The number of thiophene rings is 1. The van der Waals surface area contributed by atoms with Gasteiger partial charge in [-0.2, -0.15) is 10.5 Å². The molecule has 0 aliphatic heterocycles. The Balaban J connectivity index is 1.47. The molecule has 7 heteroatoms. The molecule has 4 aromatic rings. The van der Waals surface area contributed by atoms with Crippen LogP contribution in [0.2, 0.25) is 5.02 Å². The number of hydrogen-bond acceptors (Lipinski definition) is 4. The molecular weight excluding hydrogens is 476 g/mol. The van der Waals surface area contributed by atoms with Crippen LogP contribution in [0.4, 0.5) is 5.00 Å². The van der Waals surface area contributed by atoms with Crippen molar-refractivity contribution in [3.63, 3.8) is 0 Å². The molecule has 0 fully saturated rings. The van der Waals surface area contributed by atoms with Crippen LogP contribution in [-0.4, -0.2) is 10.5 Å². The van der Waals surface area contributed by atoms with Crippen LogP contribution in [0.25, 0.3) is 17.0 Å².